The van der Waals surface area contributed by atoms with Crippen LogP contribution >= 0.6 is 0 Å². The standard InChI is InChI=1S/C24H19F3N2O2/c25-24(26,27)19-10-4-8-18(14-19)22(30)28-20-12-11-16-9-5-13-29(21(16)15-20)23(31)17-6-2-1-3-7-17/h1-4,6-8,10-12,14-15H,5,9,13H2,(H,28,30). The van der Waals surface area contributed by atoms with Gasteiger partial charge < -0.3 is 10.2 Å². The summed E-state index contributed by atoms with van der Waals surface area (Å²) in [6.45, 7) is 0.547. The van der Waals surface area contributed by atoms with Crippen LogP contribution in [0.4, 0.5) is 24.5 Å². The van der Waals surface area contributed by atoms with Crippen LogP contribution < -0.4 is 10.2 Å². The fraction of sp³-hybridized carbons (Fsp3) is 0.167. The highest BCUT2D eigenvalue weighted by Crippen LogP contribution is 2.32. The maximum atomic E-state index is 13.0. The number of aryl methyl sites for hydroxylation is 1. The Morgan fingerprint density at radius 1 is 0.871 bits per heavy atom. The molecular formula is C24H19F3N2O2. The molecule has 1 aliphatic heterocycles. The van der Waals surface area contributed by atoms with Crippen molar-refractivity contribution in [3.8, 4) is 0 Å². The van der Waals surface area contributed by atoms with Crippen molar-refractivity contribution in [2.45, 2.75) is 19.0 Å². The summed E-state index contributed by atoms with van der Waals surface area (Å²) < 4.78 is 38.8. The Balaban J connectivity index is 1.59. The Morgan fingerprint density at radius 3 is 2.35 bits per heavy atom. The van der Waals surface area contributed by atoms with Gasteiger partial charge in [0.25, 0.3) is 11.8 Å². The first-order valence-electron chi connectivity index (χ1n) is 9.81. The molecule has 3 aromatic carbocycles. The molecule has 4 nitrogen and oxygen atoms in total. The number of amides is 2. The number of alkyl halides is 3. The zero-order chi connectivity index (χ0) is 22.0. The van der Waals surface area contributed by atoms with Crippen LogP contribution in [0.15, 0.2) is 72.8 Å². The van der Waals surface area contributed by atoms with Crippen LogP contribution in [-0.2, 0) is 12.6 Å². The Labute approximate surface area is 177 Å². The van der Waals surface area contributed by atoms with E-state index < -0.39 is 17.6 Å². The number of benzene rings is 3. The van der Waals surface area contributed by atoms with E-state index in [0.29, 0.717) is 23.5 Å². The molecule has 31 heavy (non-hydrogen) atoms. The molecule has 7 heteroatoms. The molecule has 0 bridgehead atoms. The number of rotatable bonds is 3. The second kappa shape index (κ2) is 8.26. The van der Waals surface area contributed by atoms with Gasteiger partial charge in [-0.3, -0.25) is 9.59 Å². The molecule has 0 saturated carbocycles. The third-order valence-corrected chi connectivity index (χ3v) is 5.18. The molecule has 0 radical (unpaired) electrons. The third kappa shape index (κ3) is 4.45. The summed E-state index contributed by atoms with van der Waals surface area (Å²) in [5.41, 5.74) is 1.67. The lowest BCUT2D eigenvalue weighted by Gasteiger charge is -2.30. The smallest absolute Gasteiger partial charge is 0.322 e. The van der Waals surface area contributed by atoms with Crippen LogP contribution in [0, 0.1) is 0 Å². The van der Waals surface area contributed by atoms with Gasteiger partial charge in [0.2, 0.25) is 0 Å². The second-order valence-corrected chi connectivity index (χ2v) is 7.30. The monoisotopic (exact) mass is 424 g/mol. The Morgan fingerprint density at radius 2 is 1.61 bits per heavy atom. The van der Waals surface area contributed by atoms with Crippen molar-refractivity contribution in [1.29, 1.82) is 0 Å². The lowest BCUT2D eigenvalue weighted by Crippen LogP contribution is -2.35. The summed E-state index contributed by atoms with van der Waals surface area (Å²) in [5.74, 6) is -0.786. The van der Waals surface area contributed by atoms with E-state index in [-0.39, 0.29) is 11.5 Å². The van der Waals surface area contributed by atoms with Crippen LogP contribution in [0.5, 0.6) is 0 Å². The van der Waals surface area contributed by atoms with Gasteiger partial charge in [-0.05, 0) is 60.9 Å². The minimum Gasteiger partial charge on any atom is -0.322 e. The number of nitrogens with one attached hydrogen (secondary N) is 1. The maximum Gasteiger partial charge on any atom is 0.416 e. The summed E-state index contributed by atoms with van der Waals surface area (Å²) in [4.78, 5) is 27.2. The van der Waals surface area contributed by atoms with Gasteiger partial charge in [0.1, 0.15) is 0 Å². The lowest BCUT2D eigenvalue weighted by molar-refractivity contribution is -0.137. The van der Waals surface area contributed by atoms with Crippen molar-refractivity contribution < 1.29 is 22.8 Å². The van der Waals surface area contributed by atoms with E-state index in [9.17, 15) is 22.8 Å². The van der Waals surface area contributed by atoms with Gasteiger partial charge >= 0.3 is 6.18 Å². The van der Waals surface area contributed by atoms with E-state index in [0.717, 1.165) is 30.5 Å². The quantitative estimate of drug-likeness (QED) is 0.599. The van der Waals surface area contributed by atoms with Crippen LogP contribution in [0.25, 0.3) is 0 Å². The molecular weight excluding hydrogens is 405 g/mol. The predicted octanol–water partition coefficient (Wildman–Crippen LogP) is 5.55. The van der Waals surface area contributed by atoms with Crippen LogP contribution in [0.2, 0.25) is 0 Å². The number of fused-ring (bicyclic) bond motifs is 1. The molecule has 0 atom stereocenters. The van der Waals surface area contributed by atoms with Gasteiger partial charge in [-0.25, -0.2) is 0 Å². The van der Waals surface area contributed by atoms with Crippen LogP contribution in [0.3, 0.4) is 0 Å². The van der Waals surface area contributed by atoms with Gasteiger partial charge in [-0.15, -0.1) is 0 Å². The van der Waals surface area contributed by atoms with E-state index in [1.165, 1.54) is 12.1 Å². The molecule has 2 amide bonds. The summed E-state index contributed by atoms with van der Waals surface area (Å²) in [6.07, 6.45) is -2.91. The molecule has 1 heterocycles. The first-order valence-corrected chi connectivity index (χ1v) is 9.81. The normalized spacial score (nSPS) is 13.5. The Hall–Kier alpha value is -3.61. The molecule has 1 aliphatic rings. The number of carbonyl (C=O) groups is 2. The highest BCUT2D eigenvalue weighted by atomic mass is 19.4. The number of hydrogen-bond donors (Lipinski definition) is 1. The molecule has 0 aromatic heterocycles. The molecule has 4 rings (SSSR count). The van der Waals surface area contributed by atoms with Gasteiger partial charge in [0.15, 0.2) is 0 Å². The summed E-state index contributed by atoms with van der Waals surface area (Å²) >= 11 is 0. The van der Waals surface area contributed by atoms with E-state index in [1.54, 1.807) is 41.3 Å². The average Bonchev–Trinajstić information content (AvgIpc) is 2.78. The van der Waals surface area contributed by atoms with E-state index in [2.05, 4.69) is 5.32 Å². The zero-order valence-corrected chi connectivity index (χ0v) is 16.4. The van der Waals surface area contributed by atoms with Gasteiger partial charge in [0.05, 0.1) is 5.56 Å². The van der Waals surface area contributed by atoms with Crippen molar-refractivity contribution in [3.05, 3.63) is 95.1 Å². The van der Waals surface area contributed by atoms with Gasteiger partial charge in [0, 0.05) is 29.0 Å². The Kier molecular flexibility index (Phi) is 5.50. The first kappa shape index (κ1) is 20.7. The van der Waals surface area contributed by atoms with Crippen LogP contribution in [-0.4, -0.2) is 18.4 Å². The average molecular weight is 424 g/mol. The summed E-state index contributed by atoms with van der Waals surface area (Å²) in [5, 5.41) is 2.64. The van der Waals surface area contributed by atoms with E-state index in [4.69, 9.17) is 0 Å². The SMILES string of the molecule is O=C(Nc1ccc2c(c1)N(C(=O)c1ccccc1)CCC2)c1cccc(C(F)(F)F)c1. The van der Waals surface area contributed by atoms with Crippen molar-refractivity contribution in [3.63, 3.8) is 0 Å². The first-order chi connectivity index (χ1) is 14.8. The summed E-state index contributed by atoms with van der Waals surface area (Å²) in [6, 6.07) is 18.4. The second-order valence-electron chi connectivity index (χ2n) is 7.30. The fourth-order valence-corrected chi connectivity index (χ4v) is 3.64. The minimum atomic E-state index is -4.53. The van der Waals surface area contributed by atoms with Crippen molar-refractivity contribution >= 4 is 23.2 Å². The topological polar surface area (TPSA) is 49.4 Å². The highest BCUT2D eigenvalue weighted by molar-refractivity contribution is 6.08. The molecule has 0 aliphatic carbocycles. The number of nitrogens with zero attached hydrogens (tertiary/aromatic N) is 1. The van der Waals surface area contributed by atoms with Crippen LogP contribution in [0.1, 0.15) is 38.3 Å². The molecule has 1 N–H and O–H groups in total. The van der Waals surface area contributed by atoms with Gasteiger partial charge in [-0.1, -0.05) is 30.3 Å². The molecule has 0 saturated heterocycles. The van der Waals surface area contributed by atoms with E-state index >= 15 is 0 Å². The van der Waals surface area contributed by atoms with Crippen molar-refractivity contribution in [1.82, 2.24) is 0 Å². The number of hydrogen-bond acceptors (Lipinski definition) is 2. The third-order valence-electron chi connectivity index (χ3n) is 5.18. The molecule has 0 spiro atoms. The van der Waals surface area contributed by atoms with Crippen molar-refractivity contribution in [2.24, 2.45) is 0 Å². The lowest BCUT2D eigenvalue weighted by atomic mass is 10.00. The highest BCUT2D eigenvalue weighted by Gasteiger charge is 2.31. The number of carbonyl (C=O) groups excluding carboxylic acids is 2. The Bertz CT molecular complexity index is 1130. The zero-order valence-electron chi connectivity index (χ0n) is 16.4. The fourth-order valence-electron chi connectivity index (χ4n) is 3.64. The maximum absolute atomic E-state index is 13.0. The molecule has 0 fully saturated rings. The number of anilines is 2. The predicted molar refractivity (Wildman–Crippen MR) is 112 cm³/mol. The molecule has 158 valence electrons. The molecule has 3 aromatic rings. The minimum absolute atomic E-state index is 0.0928. The summed E-state index contributed by atoms with van der Waals surface area (Å²) in [7, 11) is 0. The van der Waals surface area contributed by atoms with Gasteiger partial charge in [-0.2, -0.15) is 13.2 Å². The number of halogens is 3. The molecule has 0 unspecified atom stereocenters. The largest absolute Gasteiger partial charge is 0.416 e. The van der Waals surface area contributed by atoms with E-state index in [1.807, 2.05) is 12.1 Å². The van der Waals surface area contributed by atoms with Crippen molar-refractivity contribution in [2.75, 3.05) is 16.8 Å².